The molecule has 0 atom stereocenters. The number of allylic oxidation sites excluding steroid dienone is 4. The molecule has 9 heavy (non-hydrogen) atoms. The minimum Gasteiger partial charge on any atom is -0.0882 e. The van der Waals surface area contributed by atoms with Crippen molar-refractivity contribution in [3.05, 3.63) is 24.3 Å². The van der Waals surface area contributed by atoms with Gasteiger partial charge in [-0.15, -0.1) is 0 Å². The van der Waals surface area contributed by atoms with Gasteiger partial charge < -0.3 is 0 Å². The summed E-state index contributed by atoms with van der Waals surface area (Å²) < 4.78 is 0. The van der Waals surface area contributed by atoms with Crippen molar-refractivity contribution in [1.82, 2.24) is 0 Å². The fourth-order valence-corrected chi connectivity index (χ4v) is 0.856. The van der Waals surface area contributed by atoms with Crippen LogP contribution in [0.3, 0.4) is 0 Å². The standard InChI is InChI=1S/C8H12.Pd/c1-2-4-6-8-7-5-3-1;/h1-2,7-8H,3-6H2;/q;+2/b2-1-,8-7-;. The molecule has 0 unspecified atom stereocenters. The Balaban J connectivity index is 0.000000640. The Morgan fingerprint density at radius 2 is 0.778 bits per heavy atom. The summed E-state index contributed by atoms with van der Waals surface area (Å²) in [7, 11) is 0. The van der Waals surface area contributed by atoms with Gasteiger partial charge in [-0.25, -0.2) is 0 Å². The maximum atomic E-state index is 2.27. The smallest absolute Gasteiger partial charge is 0.0882 e. The number of hydrogen-bond donors (Lipinski definition) is 0. The molecule has 0 aliphatic heterocycles. The molecule has 0 heterocycles. The van der Waals surface area contributed by atoms with Crippen LogP contribution in [0.25, 0.3) is 0 Å². The van der Waals surface area contributed by atoms with Crippen molar-refractivity contribution in [2.75, 3.05) is 0 Å². The Morgan fingerprint density at radius 1 is 0.556 bits per heavy atom. The van der Waals surface area contributed by atoms with E-state index in [9.17, 15) is 0 Å². The summed E-state index contributed by atoms with van der Waals surface area (Å²) in [5.41, 5.74) is 0. The molecule has 0 saturated carbocycles. The van der Waals surface area contributed by atoms with Crippen molar-refractivity contribution in [3.63, 3.8) is 0 Å². The van der Waals surface area contributed by atoms with E-state index in [0.29, 0.717) is 0 Å². The van der Waals surface area contributed by atoms with Gasteiger partial charge in [0.1, 0.15) is 0 Å². The molecule has 1 rings (SSSR count). The first-order chi connectivity index (χ1) is 4.00. The van der Waals surface area contributed by atoms with Crippen molar-refractivity contribution in [3.8, 4) is 0 Å². The zero-order valence-electron chi connectivity index (χ0n) is 5.45. The first-order valence-electron chi connectivity index (χ1n) is 3.30. The van der Waals surface area contributed by atoms with Crippen LogP contribution in [0.1, 0.15) is 25.7 Å². The second-order valence-electron chi connectivity index (χ2n) is 2.10. The third-order valence-electron chi connectivity index (χ3n) is 1.33. The minimum absolute atomic E-state index is 0. The average molecular weight is 215 g/mol. The molecule has 0 amide bonds. The fraction of sp³-hybridized carbons (Fsp3) is 0.500. The molecule has 0 bridgehead atoms. The topological polar surface area (TPSA) is 0 Å². The van der Waals surface area contributed by atoms with Crippen molar-refractivity contribution in [2.45, 2.75) is 25.7 Å². The van der Waals surface area contributed by atoms with E-state index in [1.54, 1.807) is 0 Å². The fourth-order valence-electron chi connectivity index (χ4n) is 0.856. The Morgan fingerprint density at radius 3 is 1.00 bits per heavy atom. The van der Waals surface area contributed by atoms with Crippen molar-refractivity contribution < 1.29 is 20.4 Å². The number of rotatable bonds is 0. The van der Waals surface area contributed by atoms with Crippen LogP contribution in [0, 0.1) is 0 Å². The Bertz CT molecular complexity index is 77.1. The quantitative estimate of drug-likeness (QED) is 0.430. The molecule has 0 aromatic rings. The minimum atomic E-state index is 0. The van der Waals surface area contributed by atoms with Gasteiger partial charge in [-0.2, -0.15) is 0 Å². The Labute approximate surface area is 70.7 Å². The summed E-state index contributed by atoms with van der Waals surface area (Å²) in [4.78, 5) is 0. The molecule has 1 heteroatoms. The van der Waals surface area contributed by atoms with Gasteiger partial charge in [-0.1, -0.05) is 24.3 Å². The van der Waals surface area contributed by atoms with Gasteiger partial charge in [0.15, 0.2) is 0 Å². The summed E-state index contributed by atoms with van der Waals surface area (Å²) in [5.74, 6) is 0. The Kier molecular flexibility index (Phi) is 6.36. The normalized spacial score (nSPS) is 24.9. The van der Waals surface area contributed by atoms with Gasteiger partial charge in [0, 0.05) is 0 Å². The molecule has 1 aliphatic rings. The van der Waals surface area contributed by atoms with Crippen molar-refractivity contribution in [1.29, 1.82) is 0 Å². The molecule has 0 aromatic heterocycles. The van der Waals surface area contributed by atoms with E-state index >= 15 is 0 Å². The van der Waals surface area contributed by atoms with Gasteiger partial charge >= 0.3 is 20.4 Å². The largest absolute Gasteiger partial charge is 2.00 e. The molecule has 0 nitrogen and oxygen atoms in total. The molecular formula is C8H12Pd+2. The zero-order valence-corrected chi connectivity index (χ0v) is 7.01. The Hall–Kier alpha value is 0.142. The first-order valence-corrected chi connectivity index (χ1v) is 3.30. The van der Waals surface area contributed by atoms with Gasteiger partial charge in [0.2, 0.25) is 0 Å². The molecule has 0 saturated heterocycles. The molecule has 1 aliphatic carbocycles. The first kappa shape index (κ1) is 9.14. The van der Waals surface area contributed by atoms with Crippen LogP contribution < -0.4 is 0 Å². The van der Waals surface area contributed by atoms with Crippen molar-refractivity contribution >= 4 is 0 Å². The molecule has 0 spiro atoms. The van der Waals surface area contributed by atoms with Crippen LogP contribution in [-0.2, 0) is 20.4 Å². The summed E-state index contributed by atoms with van der Waals surface area (Å²) in [6, 6.07) is 0. The number of hydrogen-bond acceptors (Lipinski definition) is 0. The van der Waals surface area contributed by atoms with Crippen LogP contribution in [0.5, 0.6) is 0 Å². The second-order valence-corrected chi connectivity index (χ2v) is 2.10. The molecule has 0 radical (unpaired) electrons. The summed E-state index contributed by atoms with van der Waals surface area (Å²) in [5, 5.41) is 0. The molecular weight excluding hydrogens is 203 g/mol. The summed E-state index contributed by atoms with van der Waals surface area (Å²) in [6.07, 6.45) is 14.0. The third-order valence-corrected chi connectivity index (χ3v) is 1.33. The average Bonchev–Trinajstić information content (AvgIpc) is 1.62. The van der Waals surface area contributed by atoms with E-state index in [-0.39, 0.29) is 20.4 Å². The third kappa shape index (κ3) is 4.63. The summed E-state index contributed by atoms with van der Waals surface area (Å²) >= 11 is 0. The van der Waals surface area contributed by atoms with E-state index in [1.807, 2.05) is 0 Å². The van der Waals surface area contributed by atoms with E-state index in [1.165, 1.54) is 25.7 Å². The van der Waals surface area contributed by atoms with Crippen LogP contribution >= 0.6 is 0 Å². The van der Waals surface area contributed by atoms with Gasteiger partial charge in [0.05, 0.1) is 0 Å². The van der Waals surface area contributed by atoms with Crippen LogP contribution in [-0.4, -0.2) is 0 Å². The van der Waals surface area contributed by atoms with Crippen LogP contribution in [0.15, 0.2) is 24.3 Å². The van der Waals surface area contributed by atoms with Gasteiger partial charge in [-0.3, -0.25) is 0 Å². The zero-order chi connectivity index (χ0) is 5.66. The second kappa shape index (κ2) is 6.27. The van der Waals surface area contributed by atoms with E-state index in [0.717, 1.165) is 0 Å². The van der Waals surface area contributed by atoms with Crippen molar-refractivity contribution in [2.24, 2.45) is 0 Å². The van der Waals surface area contributed by atoms with E-state index in [4.69, 9.17) is 0 Å². The van der Waals surface area contributed by atoms with Gasteiger partial charge in [-0.05, 0) is 25.7 Å². The predicted octanol–water partition coefficient (Wildman–Crippen LogP) is 2.67. The van der Waals surface area contributed by atoms with E-state index < -0.39 is 0 Å². The van der Waals surface area contributed by atoms with Crippen LogP contribution in [0.2, 0.25) is 0 Å². The van der Waals surface area contributed by atoms with E-state index in [2.05, 4.69) is 24.3 Å². The molecule has 52 valence electrons. The monoisotopic (exact) mass is 214 g/mol. The SMILES string of the molecule is C1=C\CC/C=C\CC/1.[Pd+2]. The molecule has 0 aromatic carbocycles. The van der Waals surface area contributed by atoms with Gasteiger partial charge in [0.25, 0.3) is 0 Å². The predicted molar refractivity (Wildman–Crippen MR) is 36.7 cm³/mol. The molecule has 0 fully saturated rings. The summed E-state index contributed by atoms with van der Waals surface area (Å²) in [6.45, 7) is 0. The molecule has 0 N–H and O–H groups in total. The maximum absolute atomic E-state index is 2.27. The van der Waals surface area contributed by atoms with Crippen LogP contribution in [0.4, 0.5) is 0 Å². The maximum Gasteiger partial charge on any atom is 2.00 e.